The SMILES string of the molecule is CCCc1nc(CC)cc(=O)n1Cc1ccc(-c2cc(C)sc2S(=O)(=O)Nc2noc(C)c2C)c(COCC)c1. The van der Waals surface area contributed by atoms with Gasteiger partial charge in [-0.3, -0.25) is 14.1 Å². The second-order valence-electron chi connectivity index (χ2n) is 9.70. The lowest BCUT2D eigenvalue weighted by Gasteiger charge is -2.16. The Balaban J connectivity index is 1.76. The van der Waals surface area contributed by atoms with Gasteiger partial charge < -0.3 is 9.26 Å². The van der Waals surface area contributed by atoms with Gasteiger partial charge >= 0.3 is 0 Å². The van der Waals surface area contributed by atoms with Crippen molar-refractivity contribution in [3.05, 3.63) is 79.5 Å². The van der Waals surface area contributed by atoms with Crippen LogP contribution >= 0.6 is 11.3 Å². The van der Waals surface area contributed by atoms with Gasteiger partial charge in [0.25, 0.3) is 15.6 Å². The van der Waals surface area contributed by atoms with Gasteiger partial charge in [-0.15, -0.1) is 11.3 Å². The predicted octanol–water partition coefficient (Wildman–Crippen LogP) is 5.79. The highest BCUT2D eigenvalue weighted by molar-refractivity contribution is 7.94. The van der Waals surface area contributed by atoms with E-state index in [2.05, 4.69) is 16.8 Å². The molecule has 0 saturated carbocycles. The number of benzene rings is 1. The minimum absolute atomic E-state index is 0.0722. The molecule has 1 aromatic carbocycles. The fourth-order valence-electron chi connectivity index (χ4n) is 4.46. The van der Waals surface area contributed by atoms with Crippen molar-refractivity contribution in [1.29, 1.82) is 0 Å². The first-order valence-corrected chi connectivity index (χ1v) is 15.7. The predicted molar refractivity (Wildman–Crippen MR) is 158 cm³/mol. The maximum atomic E-state index is 13.5. The molecule has 0 unspecified atom stereocenters. The van der Waals surface area contributed by atoms with Crippen molar-refractivity contribution in [2.24, 2.45) is 0 Å². The Bertz CT molecular complexity index is 1670. The van der Waals surface area contributed by atoms with E-state index in [1.54, 1.807) is 24.5 Å². The van der Waals surface area contributed by atoms with Crippen LogP contribution < -0.4 is 10.3 Å². The molecule has 3 heterocycles. The number of ether oxygens (including phenoxy) is 1. The number of thiophene rings is 1. The van der Waals surface area contributed by atoms with Crippen molar-refractivity contribution >= 4 is 27.2 Å². The molecule has 0 spiro atoms. The number of hydrogen-bond acceptors (Lipinski definition) is 8. The summed E-state index contributed by atoms with van der Waals surface area (Å²) in [5, 5.41) is 3.87. The third kappa shape index (κ3) is 6.37. The lowest BCUT2D eigenvalue weighted by Crippen LogP contribution is -2.26. The summed E-state index contributed by atoms with van der Waals surface area (Å²) in [6, 6.07) is 9.31. The summed E-state index contributed by atoms with van der Waals surface area (Å²) in [4.78, 5) is 18.6. The Kier molecular flexibility index (Phi) is 9.27. The van der Waals surface area contributed by atoms with Crippen LogP contribution in [0.4, 0.5) is 5.82 Å². The number of nitrogens with zero attached hydrogens (tertiary/aromatic N) is 3. The first-order chi connectivity index (χ1) is 19.1. The highest BCUT2D eigenvalue weighted by Gasteiger charge is 2.26. The molecule has 0 saturated heterocycles. The molecule has 0 aliphatic heterocycles. The van der Waals surface area contributed by atoms with Gasteiger partial charge in [-0.1, -0.05) is 37.2 Å². The van der Waals surface area contributed by atoms with Crippen LogP contribution in [0.1, 0.15) is 66.0 Å². The average molecular weight is 585 g/mol. The summed E-state index contributed by atoms with van der Waals surface area (Å²) in [7, 11) is -3.95. The summed E-state index contributed by atoms with van der Waals surface area (Å²) in [5.41, 5.74) is 4.46. The molecule has 40 heavy (non-hydrogen) atoms. The molecular weight excluding hydrogens is 548 g/mol. The van der Waals surface area contributed by atoms with Gasteiger partial charge in [-0.05, 0) is 63.3 Å². The van der Waals surface area contributed by atoms with E-state index in [0.29, 0.717) is 49.5 Å². The molecule has 0 bridgehead atoms. The second kappa shape index (κ2) is 12.5. The van der Waals surface area contributed by atoms with Gasteiger partial charge in [0, 0.05) is 40.8 Å². The summed E-state index contributed by atoms with van der Waals surface area (Å²) >= 11 is 1.20. The van der Waals surface area contributed by atoms with Gasteiger partial charge in [0.15, 0.2) is 5.82 Å². The first-order valence-electron chi connectivity index (χ1n) is 13.4. The van der Waals surface area contributed by atoms with Crippen molar-refractivity contribution in [1.82, 2.24) is 14.7 Å². The Labute approximate surface area is 239 Å². The van der Waals surface area contributed by atoms with Crippen molar-refractivity contribution in [3.63, 3.8) is 0 Å². The highest BCUT2D eigenvalue weighted by Crippen LogP contribution is 2.38. The number of aryl methyl sites for hydroxylation is 4. The summed E-state index contributed by atoms with van der Waals surface area (Å²) in [6.07, 6.45) is 2.29. The maximum absolute atomic E-state index is 13.5. The average Bonchev–Trinajstić information content (AvgIpc) is 3.46. The van der Waals surface area contributed by atoms with Crippen LogP contribution in [0.25, 0.3) is 11.1 Å². The van der Waals surface area contributed by atoms with Crippen LogP contribution in [0.15, 0.2) is 43.9 Å². The molecule has 214 valence electrons. The molecule has 3 aromatic heterocycles. The molecule has 4 aromatic rings. The fraction of sp³-hybridized carbons (Fsp3) is 0.414. The number of aromatic nitrogens is 3. The van der Waals surface area contributed by atoms with E-state index in [0.717, 1.165) is 39.5 Å². The zero-order valence-electron chi connectivity index (χ0n) is 23.8. The summed E-state index contributed by atoms with van der Waals surface area (Å²) in [6.45, 7) is 12.5. The number of rotatable bonds is 12. The fourth-order valence-corrected chi connectivity index (χ4v) is 7.16. The van der Waals surface area contributed by atoms with E-state index in [4.69, 9.17) is 14.2 Å². The number of hydrogen-bond donors (Lipinski definition) is 1. The third-order valence-electron chi connectivity index (χ3n) is 6.69. The van der Waals surface area contributed by atoms with Gasteiger partial charge in [0.05, 0.1) is 13.2 Å². The molecule has 0 fully saturated rings. The Morgan fingerprint density at radius 1 is 1.07 bits per heavy atom. The molecule has 0 atom stereocenters. The summed E-state index contributed by atoms with van der Waals surface area (Å²) in [5.74, 6) is 1.50. The molecule has 0 aliphatic rings. The Hall–Kier alpha value is -3.28. The van der Waals surface area contributed by atoms with Gasteiger partial charge in [0.2, 0.25) is 0 Å². The van der Waals surface area contributed by atoms with Crippen molar-refractivity contribution < 1.29 is 17.7 Å². The Morgan fingerprint density at radius 3 is 2.50 bits per heavy atom. The largest absolute Gasteiger partial charge is 0.377 e. The molecule has 4 rings (SSSR count). The maximum Gasteiger partial charge on any atom is 0.273 e. The lowest BCUT2D eigenvalue weighted by molar-refractivity contribution is 0.134. The van der Waals surface area contributed by atoms with E-state index in [1.807, 2.05) is 45.0 Å². The quantitative estimate of drug-likeness (QED) is 0.224. The molecule has 0 amide bonds. The van der Waals surface area contributed by atoms with E-state index in [1.165, 1.54) is 11.3 Å². The standard InChI is InChI=1S/C29H36N4O5S2/c1-7-10-26-30-23(8-2)15-27(34)33(26)16-21-11-12-24(22(14-21)17-37-9-3)25-13-18(4)39-29(25)40(35,36)32-28-19(5)20(6)38-31-28/h11-15H,7-10,16-17H2,1-6H3,(H,31,32). The molecule has 0 aliphatic carbocycles. The summed E-state index contributed by atoms with van der Waals surface area (Å²) < 4.78 is 42.5. The van der Waals surface area contributed by atoms with Crippen molar-refractivity contribution in [2.45, 2.75) is 78.2 Å². The van der Waals surface area contributed by atoms with E-state index >= 15 is 0 Å². The molecule has 11 heteroatoms. The van der Waals surface area contributed by atoms with Crippen LogP contribution in [-0.4, -0.2) is 29.7 Å². The minimum Gasteiger partial charge on any atom is -0.377 e. The number of sulfonamides is 1. The molecule has 1 N–H and O–H groups in total. The third-order valence-corrected chi connectivity index (χ3v) is 9.62. The Morgan fingerprint density at radius 2 is 1.85 bits per heavy atom. The zero-order valence-corrected chi connectivity index (χ0v) is 25.5. The highest BCUT2D eigenvalue weighted by atomic mass is 32.2. The van der Waals surface area contributed by atoms with Crippen LogP contribution in [0.3, 0.4) is 0 Å². The van der Waals surface area contributed by atoms with Gasteiger partial charge in [-0.2, -0.15) is 0 Å². The van der Waals surface area contributed by atoms with E-state index in [9.17, 15) is 13.2 Å². The van der Waals surface area contributed by atoms with Crippen LogP contribution in [-0.2, 0) is 40.8 Å². The molecular formula is C29H36N4O5S2. The van der Waals surface area contributed by atoms with Gasteiger partial charge in [-0.25, -0.2) is 13.4 Å². The normalized spacial score (nSPS) is 11.8. The lowest BCUT2D eigenvalue weighted by atomic mass is 9.99. The second-order valence-corrected chi connectivity index (χ2v) is 12.8. The minimum atomic E-state index is -3.95. The molecule has 0 radical (unpaired) electrons. The zero-order chi connectivity index (χ0) is 29.0. The molecule has 9 nitrogen and oxygen atoms in total. The van der Waals surface area contributed by atoms with Crippen LogP contribution in [0.2, 0.25) is 0 Å². The van der Waals surface area contributed by atoms with Crippen molar-refractivity contribution in [2.75, 3.05) is 11.3 Å². The monoisotopic (exact) mass is 584 g/mol. The van der Waals surface area contributed by atoms with Crippen LogP contribution in [0.5, 0.6) is 0 Å². The van der Waals surface area contributed by atoms with Crippen LogP contribution in [0, 0.1) is 20.8 Å². The number of nitrogens with one attached hydrogen (secondary N) is 1. The van der Waals surface area contributed by atoms with Gasteiger partial charge in [0.1, 0.15) is 15.8 Å². The first kappa shape index (κ1) is 29.7. The topological polar surface area (TPSA) is 116 Å². The number of anilines is 1. The van der Waals surface area contributed by atoms with E-state index in [-0.39, 0.29) is 15.6 Å². The smallest absolute Gasteiger partial charge is 0.273 e. The van der Waals surface area contributed by atoms with E-state index < -0.39 is 10.0 Å². The van der Waals surface area contributed by atoms with Crippen molar-refractivity contribution in [3.8, 4) is 11.1 Å².